The maximum Gasteiger partial charge on any atom is 0.299 e. The van der Waals surface area contributed by atoms with E-state index in [-0.39, 0.29) is 24.4 Å². The molecule has 0 heterocycles. The molecule has 0 spiro atoms. The SMILES string of the molecule is COCCNS(=O)(=O)Nc1ccc(F)c(/C(N)=N/O)c1. The zero-order valence-electron chi connectivity index (χ0n) is 10.6. The van der Waals surface area contributed by atoms with E-state index in [4.69, 9.17) is 15.7 Å². The first-order valence-electron chi connectivity index (χ1n) is 5.43. The number of benzene rings is 1. The summed E-state index contributed by atoms with van der Waals surface area (Å²) in [5, 5.41) is 11.2. The Morgan fingerprint density at radius 1 is 1.55 bits per heavy atom. The number of nitrogens with one attached hydrogen (secondary N) is 2. The summed E-state index contributed by atoms with van der Waals surface area (Å²) in [5.74, 6) is -1.20. The smallest absolute Gasteiger partial charge is 0.299 e. The summed E-state index contributed by atoms with van der Waals surface area (Å²) in [6, 6.07) is 3.32. The summed E-state index contributed by atoms with van der Waals surface area (Å²) in [6.07, 6.45) is 0. The van der Waals surface area contributed by atoms with Crippen LogP contribution < -0.4 is 15.2 Å². The summed E-state index contributed by atoms with van der Waals surface area (Å²) < 4.78 is 45.8. The van der Waals surface area contributed by atoms with Crippen molar-refractivity contribution in [3.05, 3.63) is 29.6 Å². The quantitative estimate of drug-likeness (QED) is 0.183. The first-order valence-corrected chi connectivity index (χ1v) is 6.91. The number of nitrogens with zero attached hydrogens (tertiary/aromatic N) is 1. The minimum absolute atomic E-state index is 0.0675. The third-order valence-corrected chi connectivity index (χ3v) is 3.29. The second-order valence-electron chi connectivity index (χ2n) is 3.67. The van der Waals surface area contributed by atoms with Crippen LogP contribution in [-0.4, -0.2) is 39.7 Å². The third kappa shape index (κ3) is 4.64. The van der Waals surface area contributed by atoms with Gasteiger partial charge in [-0.2, -0.15) is 13.1 Å². The van der Waals surface area contributed by atoms with Gasteiger partial charge >= 0.3 is 0 Å². The van der Waals surface area contributed by atoms with Crippen molar-refractivity contribution >= 4 is 21.7 Å². The first-order chi connectivity index (χ1) is 9.39. The van der Waals surface area contributed by atoms with Crippen LogP contribution in [0, 0.1) is 5.82 Å². The van der Waals surface area contributed by atoms with Crippen LogP contribution in [0.5, 0.6) is 0 Å². The van der Waals surface area contributed by atoms with Gasteiger partial charge < -0.3 is 15.7 Å². The van der Waals surface area contributed by atoms with Crippen molar-refractivity contribution in [3.8, 4) is 0 Å². The fraction of sp³-hybridized carbons (Fsp3) is 0.300. The Labute approximate surface area is 115 Å². The number of anilines is 1. The van der Waals surface area contributed by atoms with E-state index in [0.717, 1.165) is 12.1 Å². The molecule has 0 bridgehead atoms. The van der Waals surface area contributed by atoms with Gasteiger partial charge in [0, 0.05) is 13.7 Å². The molecule has 0 aromatic heterocycles. The molecule has 10 heteroatoms. The van der Waals surface area contributed by atoms with Gasteiger partial charge in [-0.05, 0) is 18.2 Å². The minimum atomic E-state index is -3.81. The molecule has 0 fully saturated rings. The lowest BCUT2D eigenvalue weighted by Gasteiger charge is -2.10. The molecule has 0 atom stereocenters. The summed E-state index contributed by atoms with van der Waals surface area (Å²) >= 11 is 0. The van der Waals surface area contributed by atoms with Gasteiger partial charge in [0.05, 0.1) is 17.9 Å². The molecule has 0 aliphatic rings. The van der Waals surface area contributed by atoms with E-state index in [9.17, 15) is 12.8 Å². The van der Waals surface area contributed by atoms with Gasteiger partial charge in [0.1, 0.15) is 5.82 Å². The van der Waals surface area contributed by atoms with Crippen LogP contribution >= 0.6 is 0 Å². The molecular weight excluding hydrogens is 291 g/mol. The van der Waals surface area contributed by atoms with Crippen LogP contribution in [0.25, 0.3) is 0 Å². The number of hydrogen-bond donors (Lipinski definition) is 4. The van der Waals surface area contributed by atoms with Crippen LogP contribution in [0.3, 0.4) is 0 Å². The molecule has 0 saturated carbocycles. The van der Waals surface area contributed by atoms with E-state index >= 15 is 0 Å². The van der Waals surface area contributed by atoms with Gasteiger partial charge in [-0.25, -0.2) is 4.39 Å². The molecule has 1 aromatic carbocycles. The fourth-order valence-electron chi connectivity index (χ4n) is 1.31. The lowest BCUT2D eigenvalue weighted by molar-refractivity contribution is 0.204. The van der Waals surface area contributed by atoms with Gasteiger partial charge in [0.25, 0.3) is 10.2 Å². The van der Waals surface area contributed by atoms with Crippen LogP contribution in [0.2, 0.25) is 0 Å². The van der Waals surface area contributed by atoms with Crippen LogP contribution in [0.1, 0.15) is 5.56 Å². The lowest BCUT2D eigenvalue weighted by Crippen LogP contribution is -2.32. The molecule has 1 rings (SSSR count). The average Bonchev–Trinajstić information content (AvgIpc) is 2.40. The first kappa shape index (κ1) is 16.1. The van der Waals surface area contributed by atoms with Crippen LogP contribution in [-0.2, 0) is 14.9 Å². The van der Waals surface area contributed by atoms with Gasteiger partial charge in [0.2, 0.25) is 0 Å². The molecule has 112 valence electrons. The van der Waals surface area contributed by atoms with E-state index in [1.165, 1.54) is 13.2 Å². The number of rotatable bonds is 7. The molecule has 0 radical (unpaired) electrons. The number of amidine groups is 1. The number of nitrogens with two attached hydrogens (primary N) is 1. The Morgan fingerprint density at radius 2 is 2.25 bits per heavy atom. The van der Waals surface area contributed by atoms with Gasteiger partial charge in [-0.1, -0.05) is 5.16 Å². The van der Waals surface area contributed by atoms with Crippen molar-refractivity contribution in [2.45, 2.75) is 0 Å². The molecule has 0 aliphatic heterocycles. The van der Waals surface area contributed by atoms with E-state index in [2.05, 4.69) is 14.6 Å². The standard InChI is InChI=1S/C10H15FN4O4S/c1-19-5-4-13-20(17,18)15-7-2-3-9(11)8(6-7)10(12)14-16/h2-3,6,13,15-16H,4-5H2,1H3,(H2,12,14). The predicted molar refractivity (Wildman–Crippen MR) is 71.3 cm³/mol. The Morgan fingerprint density at radius 3 is 2.85 bits per heavy atom. The second-order valence-corrected chi connectivity index (χ2v) is 5.17. The summed E-state index contributed by atoms with van der Waals surface area (Å²) in [6.45, 7) is 0.291. The normalized spacial score (nSPS) is 12.4. The maximum atomic E-state index is 13.4. The van der Waals surface area contributed by atoms with Crippen LogP contribution in [0.15, 0.2) is 23.4 Å². The molecule has 5 N–H and O–H groups in total. The largest absolute Gasteiger partial charge is 0.409 e. The van der Waals surface area contributed by atoms with Crippen LogP contribution in [0.4, 0.5) is 10.1 Å². The molecular formula is C10H15FN4O4S. The lowest BCUT2D eigenvalue weighted by atomic mass is 10.2. The number of methoxy groups -OCH3 is 1. The summed E-state index contributed by atoms with van der Waals surface area (Å²) in [4.78, 5) is 0. The van der Waals surface area contributed by atoms with E-state index in [1.54, 1.807) is 0 Å². The van der Waals surface area contributed by atoms with Crippen molar-refractivity contribution in [3.63, 3.8) is 0 Å². The van der Waals surface area contributed by atoms with Gasteiger partial charge in [-0.15, -0.1) is 0 Å². The number of oxime groups is 1. The number of halogens is 1. The highest BCUT2D eigenvalue weighted by Crippen LogP contribution is 2.15. The zero-order chi connectivity index (χ0) is 15.2. The van der Waals surface area contributed by atoms with Gasteiger partial charge in [-0.3, -0.25) is 4.72 Å². The van der Waals surface area contributed by atoms with Crippen molar-refractivity contribution in [2.24, 2.45) is 10.9 Å². The third-order valence-electron chi connectivity index (χ3n) is 2.20. The Hall–Kier alpha value is -1.91. The molecule has 1 aromatic rings. The predicted octanol–water partition coefficient (Wildman–Crippen LogP) is -0.187. The molecule has 8 nitrogen and oxygen atoms in total. The van der Waals surface area contributed by atoms with E-state index in [0.29, 0.717) is 0 Å². The van der Waals surface area contributed by atoms with E-state index in [1.807, 2.05) is 0 Å². The molecule has 0 saturated heterocycles. The minimum Gasteiger partial charge on any atom is -0.409 e. The Bertz CT molecular complexity index is 591. The van der Waals surface area contributed by atoms with Gasteiger partial charge in [0.15, 0.2) is 5.84 Å². The Balaban J connectivity index is 2.88. The molecule has 0 unspecified atom stereocenters. The highest BCUT2D eigenvalue weighted by molar-refractivity contribution is 7.90. The maximum absolute atomic E-state index is 13.4. The average molecular weight is 306 g/mol. The summed E-state index contributed by atoms with van der Waals surface area (Å²) in [7, 11) is -2.38. The van der Waals surface area contributed by atoms with Crippen molar-refractivity contribution in [1.82, 2.24) is 4.72 Å². The zero-order valence-corrected chi connectivity index (χ0v) is 11.4. The topological polar surface area (TPSA) is 126 Å². The molecule has 0 amide bonds. The number of ether oxygens (including phenoxy) is 1. The second kappa shape index (κ2) is 7.03. The van der Waals surface area contributed by atoms with Crippen molar-refractivity contribution in [2.75, 3.05) is 25.0 Å². The summed E-state index contributed by atoms with van der Waals surface area (Å²) in [5.41, 5.74) is 5.13. The van der Waals surface area contributed by atoms with E-state index < -0.39 is 21.9 Å². The monoisotopic (exact) mass is 306 g/mol. The highest BCUT2D eigenvalue weighted by Gasteiger charge is 2.12. The van der Waals surface area contributed by atoms with Crippen molar-refractivity contribution in [1.29, 1.82) is 0 Å². The fourth-order valence-corrected chi connectivity index (χ4v) is 2.17. The van der Waals surface area contributed by atoms with Crippen molar-refractivity contribution < 1.29 is 22.8 Å². The Kier molecular flexibility index (Phi) is 5.67. The molecule has 20 heavy (non-hydrogen) atoms. The molecule has 0 aliphatic carbocycles. The number of hydrogen-bond acceptors (Lipinski definition) is 5. The highest BCUT2D eigenvalue weighted by atomic mass is 32.2.